The van der Waals surface area contributed by atoms with Crippen molar-refractivity contribution < 1.29 is 4.79 Å². The number of piperidine rings is 2. The maximum Gasteiger partial charge on any atom is 0.317 e. The molecule has 1 aromatic carbocycles. The summed E-state index contributed by atoms with van der Waals surface area (Å²) >= 11 is 0. The molecule has 2 fully saturated rings. The molecular formula is C21H33N3O. The number of nitrogens with zero attached hydrogens (tertiary/aromatic N) is 2. The molecule has 138 valence electrons. The number of rotatable bonds is 5. The van der Waals surface area contributed by atoms with Crippen LogP contribution in [0.3, 0.4) is 0 Å². The van der Waals surface area contributed by atoms with Crippen molar-refractivity contribution in [3.63, 3.8) is 0 Å². The first kappa shape index (κ1) is 18.2. The zero-order valence-electron chi connectivity index (χ0n) is 15.6. The summed E-state index contributed by atoms with van der Waals surface area (Å²) in [5.74, 6) is 1.67. The number of likely N-dealkylation sites (tertiary alicyclic amines) is 2. The Hall–Kier alpha value is -1.55. The minimum absolute atomic E-state index is 0.112. The SMILES string of the molecule is CC1CCN(CC2CCN(C(=O)NCCc3ccccc3)CC2)CC1. The molecule has 0 aliphatic carbocycles. The summed E-state index contributed by atoms with van der Waals surface area (Å²) in [5.41, 5.74) is 1.28. The summed E-state index contributed by atoms with van der Waals surface area (Å²) in [5, 5.41) is 3.08. The number of urea groups is 1. The third-order valence-electron chi connectivity index (χ3n) is 5.83. The summed E-state index contributed by atoms with van der Waals surface area (Å²) in [6.45, 7) is 8.66. The van der Waals surface area contributed by atoms with Crippen LogP contribution in [0.25, 0.3) is 0 Å². The predicted octanol–water partition coefficient (Wildman–Crippen LogP) is 3.38. The number of benzene rings is 1. The van der Waals surface area contributed by atoms with Crippen LogP contribution in [0.1, 0.15) is 38.2 Å². The highest BCUT2D eigenvalue weighted by atomic mass is 16.2. The summed E-state index contributed by atoms with van der Waals surface area (Å²) in [6, 6.07) is 10.5. The number of hydrogen-bond acceptors (Lipinski definition) is 2. The maximum absolute atomic E-state index is 12.3. The Bertz CT molecular complexity index is 517. The molecule has 4 heteroatoms. The summed E-state index contributed by atoms with van der Waals surface area (Å²) in [4.78, 5) is 17.0. The second-order valence-electron chi connectivity index (χ2n) is 7.88. The van der Waals surface area contributed by atoms with E-state index in [9.17, 15) is 4.79 Å². The molecule has 2 saturated heterocycles. The molecule has 0 saturated carbocycles. The molecule has 4 nitrogen and oxygen atoms in total. The number of nitrogens with one attached hydrogen (secondary N) is 1. The van der Waals surface area contributed by atoms with E-state index in [-0.39, 0.29) is 6.03 Å². The Morgan fingerprint density at radius 1 is 1.04 bits per heavy atom. The molecule has 1 N–H and O–H groups in total. The van der Waals surface area contributed by atoms with Gasteiger partial charge < -0.3 is 15.1 Å². The lowest BCUT2D eigenvalue weighted by Gasteiger charge is -2.37. The Morgan fingerprint density at radius 2 is 1.72 bits per heavy atom. The minimum atomic E-state index is 0.112. The first-order valence-electron chi connectivity index (χ1n) is 10.00. The van der Waals surface area contributed by atoms with E-state index < -0.39 is 0 Å². The van der Waals surface area contributed by atoms with Crippen molar-refractivity contribution in [2.45, 2.75) is 39.0 Å². The molecule has 2 aliphatic rings. The van der Waals surface area contributed by atoms with Gasteiger partial charge in [0.15, 0.2) is 0 Å². The highest BCUT2D eigenvalue weighted by Crippen LogP contribution is 2.22. The predicted molar refractivity (Wildman–Crippen MR) is 103 cm³/mol. The van der Waals surface area contributed by atoms with Crippen LogP contribution in [0.2, 0.25) is 0 Å². The minimum Gasteiger partial charge on any atom is -0.338 e. The van der Waals surface area contributed by atoms with E-state index in [2.05, 4.69) is 29.3 Å². The lowest BCUT2D eigenvalue weighted by molar-refractivity contribution is 0.126. The largest absolute Gasteiger partial charge is 0.338 e. The molecule has 3 rings (SSSR count). The lowest BCUT2D eigenvalue weighted by atomic mass is 9.93. The fourth-order valence-corrected chi connectivity index (χ4v) is 4.00. The summed E-state index contributed by atoms with van der Waals surface area (Å²) in [6.07, 6.45) is 5.90. The Labute approximate surface area is 152 Å². The third kappa shape index (κ3) is 5.74. The molecule has 2 amide bonds. The molecule has 0 atom stereocenters. The molecule has 0 bridgehead atoms. The zero-order valence-corrected chi connectivity index (χ0v) is 15.6. The van der Waals surface area contributed by atoms with Gasteiger partial charge in [-0.05, 0) is 62.6 Å². The number of carbonyl (C=O) groups excluding carboxylic acids is 1. The Morgan fingerprint density at radius 3 is 2.40 bits per heavy atom. The van der Waals surface area contributed by atoms with E-state index >= 15 is 0 Å². The van der Waals surface area contributed by atoms with Crippen molar-refractivity contribution in [1.29, 1.82) is 0 Å². The monoisotopic (exact) mass is 343 g/mol. The van der Waals surface area contributed by atoms with E-state index in [0.717, 1.165) is 50.7 Å². The standard InChI is InChI=1S/C21H33N3O/c1-18-8-13-23(14-9-18)17-20-10-15-24(16-11-20)21(25)22-12-7-19-5-3-2-4-6-19/h2-6,18,20H,7-17H2,1H3,(H,22,25). The first-order valence-corrected chi connectivity index (χ1v) is 10.00. The van der Waals surface area contributed by atoms with Crippen molar-refractivity contribution >= 4 is 6.03 Å². The van der Waals surface area contributed by atoms with Crippen LogP contribution in [0.15, 0.2) is 30.3 Å². The summed E-state index contributed by atoms with van der Waals surface area (Å²) in [7, 11) is 0. The smallest absolute Gasteiger partial charge is 0.317 e. The highest BCUT2D eigenvalue weighted by molar-refractivity contribution is 5.74. The third-order valence-corrected chi connectivity index (χ3v) is 5.83. The van der Waals surface area contributed by atoms with Gasteiger partial charge in [0.2, 0.25) is 0 Å². The molecule has 25 heavy (non-hydrogen) atoms. The van der Waals surface area contributed by atoms with Crippen molar-refractivity contribution in [3.05, 3.63) is 35.9 Å². The van der Waals surface area contributed by atoms with Crippen LogP contribution in [-0.4, -0.2) is 55.1 Å². The van der Waals surface area contributed by atoms with Gasteiger partial charge in [-0.2, -0.15) is 0 Å². The molecule has 2 heterocycles. The quantitative estimate of drug-likeness (QED) is 0.889. The van der Waals surface area contributed by atoms with Crippen LogP contribution in [-0.2, 0) is 6.42 Å². The maximum atomic E-state index is 12.3. The van der Waals surface area contributed by atoms with Crippen LogP contribution in [0.5, 0.6) is 0 Å². The molecule has 0 unspecified atom stereocenters. The van der Waals surface area contributed by atoms with Crippen LogP contribution >= 0.6 is 0 Å². The Kier molecular flexibility index (Phi) is 6.74. The number of hydrogen-bond donors (Lipinski definition) is 1. The van der Waals surface area contributed by atoms with Gasteiger partial charge in [0, 0.05) is 26.2 Å². The van der Waals surface area contributed by atoms with Gasteiger partial charge in [0.1, 0.15) is 0 Å². The average Bonchev–Trinajstić information content (AvgIpc) is 2.65. The van der Waals surface area contributed by atoms with E-state index in [0.29, 0.717) is 0 Å². The van der Waals surface area contributed by atoms with Crippen LogP contribution in [0, 0.1) is 11.8 Å². The van der Waals surface area contributed by atoms with E-state index in [1.54, 1.807) is 0 Å². The molecule has 0 spiro atoms. The van der Waals surface area contributed by atoms with Crippen LogP contribution in [0.4, 0.5) is 4.79 Å². The fraction of sp³-hybridized carbons (Fsp3) is 0.667. The second-order valence-corrected chi connectivity index (χ2v) is 7.88. The van der Waals surface area contributed by atoms with Gasteiger partial charge in [-0.15, -0.1) is 0 Å². The van der Waals surface area contributed by atoms with E-state index in [1.165, 1.54) is 38.0 Å². The van der Waals surface area contributed by atoms with Crippen molar-refractivity contribution in [2.24, 2.45) is 11.8 Å². The number of amides is 2. The van der Waals surface area contributed by atoms with E-state index in [1.807, 2.05) is 23.1 Å². The molecule has 1 aromatic rings. The van der Waals surface area contributed by atoms with Gasteiger partial charge in [-0.1, -0.05) is 37.3 Å². The topological polar surface area (TPSA) is 35.6 Å². The molecule has 0 aromatic heterocycles. The van der Waals surface area contributed by atoms with Gasteiger partial charge in [-0.25, -0.2) is 4.79 Å². The van der Waals surface area contributed by atoms with Crippen molar-refractivity contribution in [1.82, 2.24) is 15.1 Å². The first-order chi connectivity index (χ1) is 12.2. The van der Waals surface area contributed by atoms with Gasteiger partial charge in [0.05, 0.1) is 0 Å². The van der Waals surface area contributed by atoms with Gasteiger partial charge >= 0.3 is 6.03 Å². The highest BCUT2D eigenvalue weighted by Gasteiger charge is 2.25. The number of carbonyl (C=O) groups is 1. The fourth-order valence-electron chi connectivity index (χ4n) is 4.00. The second kappa shape index (κ2) is 9.23. The summed E-state index contributed by atoms with van der Waals surface area (Å²) < 4.78 is 0. The molecule has 0 radical (unpaired) electrons. The van der Waals surface area contributed by atoms with E-state index in [4.69, 9.17) is 0 Å². The van der Waals surface area contributed by atoms with Crippen LogP contribution < -0.4 is 5.32 Å². The lowest BCUT2D eigenvalue weighted by Crippen LogP contribution is -2.47. The normalized spacial score (nSPS) is 20.6. The van der Waals surface area contributed by atoms with Crippen molar-refractivity contribution in [2.75, 3.05) is 39.3 Å². The average molecular weight is 344 g/mol. The Balaban J connectivity index is 1.32. The van der Waals surface area contributed by atoms with Gasteiger partial charge in [-0.3, -0.25) is 0 Å². The zero-order chi connectivity index (χ0) is 17.5. The molecule has 2 aliphatic heterocycles. The van der Waals surface area contributed by atoms with Gasteiger partial charge in [0.25, 0.3) is 0 Å². The molecular weight excluding hydrogens is 310 g/mol. The van der Waals surface area contributed by atoms with Crippen molar-refractivity contribution in [3.8, 4) is 0 Å².